The number of carbonyl (C=O) groups excluding carboxylic acids is 2. The van der Waals surface area contributed by atoms with E-state index in [4.69, 9.17) is 9.47 Å². The van der Waals surface area contributed by atoms with Crippen LogP contribution in [0.2, 0.25) is 0 Å². The van der Waals surface area contributed by atoms with Crippen LogP contribution in [-0.4, -0.2) is 42.5 Å². The number of fused-ring (bicyclic) bond motifs is 1. The zero-order chi connectivity index (χ0) is 18.7. The lowest BCUT2D eigenvalue weighted by molar-refractivity contribution is -0.131. The van der Waals surface area contributed by atoms with Gasteiger partial charge in [0.05, 0.1) is 32.9 Å². The van der Waals surface area contributed by atoms with Gasteiger partial charge in [-0.15, -0.1) is 0 Å². The van der Waals surface area contributed by atoms with E-state index < -0.39 is 0 Å². The number of methoxy groups -OCH3 is 2. The molecular weight excluding hydrogens is 354 g/mol. The fraction of sp³-hybridized carbons (Fsp3) is 0.389. The predicted molar refractivity (Wildman–Crippen MR) is 98.8 cm³/mol. The molecule has 7 nitrogen and oxygen atoms in total. The quantitative estimate of drug-likeness (QED) is 0.867. The molecule has 0 spiro atoms. The summed E-state index contributed by atoms with van der Waals surface area (Å²) in [7, 11) is 3.16. The fourth-order valence-corrected chi connectivity index (χ4v) is 3.96. The Hall–Kier alpha value is -2.61. The summed E-state index contributed by atoms with van der Waals surface area (Å²) in [5.41, 5.74) is 1.84. The minimum atomic E-state index is -0.141. The lowest BCUT2D eigenvalue weighted by atomic mass is 10.1. The third kappa shape index (κ3) is 3.96. The van der Waals surface area contributed by atoms with Crippen molar-refractivity contribution >= 4 is 28.3 Å². The second kappa shape index (κ2) is 7.74. The zero-order valence-corrected chi connectivity index (χ0v) is 15.8. The van der Waals surface area contributed by atoms with Gasteiger partial charge in [0.25, 0.3) is 0 Å². The van der Waals surface area contributed by atoms with Crippen molar-refractivity contribution in [3.05, 3.63) is 34.3 Å². The summed E-state index contributed by atoms with van der Waals surface area (Å²) in [6.45, 7) is 2.61. The van der Waals surface area contributed by atoms with Gasteiger partial charge < -0.3 is 19.7 Å². The van der Waals surface area contributed by atoms with Crippen LogP contribution in [0.15, 0.2) is 18.2 Å². The first-order chi connectivity index (χ1) is 12.5. The number of thiazole rings is 1. The maximum absolute atomic E-state index is 12.7. The molecule has 0 bridgehead atoms. The van der Waals surface area contributed by atoms with Gasteiger partial charge in [-0.05, 0) is 17.7 Å². The van der Waals surface area contributed by atoms with E-state index in [9.17, 15) is 9.59 Å². The largest absolute Gasteiger partial charge is 0.493 e. The van der Waals surface area contributed by atoms with E-state index in [0.29, 0.717) is 42.6 Å². The molecule has 0 saturated heterocycles. The van der Waals surface area contributed by atoms with Crippen LogP contribution in [-0.2, 0) is 29.0 Å². The van der Waals surface area contributed by atoms with Gasteiger partial charge in [-0.25, -0.2) is 4.98 Å². The van der Waals surface area contributed by atoms with E-state index in [1.54, 1.807) is 20.3 Å². The summed E-state index contributed by atoms with van der Waals surface area (Å²) in [5.74, 6) is 1.16. The Bertz CT molecular complexity index is 834. The van der Waals surface area contributed by atoms with Crippen molar-refractivity contribution in [2.45, 2.75) is 26.3 Å². The molecule has 1 aromatic carbocycles. The molecule has 1 aliphatic heterocycles. The molecule has 0 fully saturated rings. The third-order valence-corrected chi connectivity index (χ3v) is 5.17. The van der Waals surface area contributed by atoms with Gasteiger partial charge in [-0.2, -0.15) is 0 Å². The van der Waals surface area contributed by atoms with Crippen molar-refractivity contribution in [1.82, 2.24) is 9.88 Å². The van der Waals surface area contributed by atoms with Gasteiger partial charge in [0, 0.05) is 24.8 Å². The van der Waals surface area contributed by atoms with E-state index in [-0.39, 0.29) is 11.8 Å². The molecule has 0 unspecified atom stereocenters. The number of carbonyl (C=O) groups is 2. The Morgan fingerprint density at radius 3 is 2.73 bits per heavy atom. The van der Waals surface area contributed by atoms with E-state index >= 15 is 0 Å². The summed E-state index contributed by atoms with van der Waals surface area (Å²) < 4.78 is 10.5. The maximum Gasteiger partial charge on any atom is 0.227 e. The molecule has 0 saturated carbocycles. The van der Waals surface area contributed by atoms with Crippen LogP contribution in [0.1, 0.15) is 23.1 Å². The zero-order valence-electron chi connectivity index (χ0n) is 15.0. The molecule has 1 aromatic heterocycles. The minimum absolute atomic E-state index is 0.0531. The molecule has 2 heterocycles. The van der Waals surface area contributed by atoms with E-state index in [1.807, 2.05) is 17.0 Å². The number of hydrogen-bond donors (Lipinski definition) is 1. The highest BCUT2D eigenvalue weighted by Crippen LogP contribution is 2.30. The number of anilines is 1. The highest BCUT2D eigenvalue weighted by atomic mass is 32.1. The topological polar surface area (TPSA) is 80.8 Å². The molecular formula is C18H21N3O4S. The molecule has 0 radical (unpaired) electrons. The Morgan fingerprint density at radius 2 is 2.04 bits per heavy atom. The average molecular weight is 375 g/mol. The lowest BCUT2D eigenvalue weighted by Crippen LogP contribution is -2.36. The van der Waals surface area contributed by atoms with Gasteiger partial charge in [-0.3, -0.25) is 9.59 Å². The molecule has 1 aliphatic rings. The molecule has 138 valence electrons. The first-order valence-electron chi connectivity index (χ1n) is 8.25. The number of amides is 2. The van der Waals surface area contributed by atoms with Gasteiger partial charge in [0.1, 0.15) is 0 Å². The Morgan fingerprint density at radius 1 is 1.27 bits per heavy atom. The van der Waals surface area contributed by atoms with Crippen molar-refractivity contribution in [2.24, 2.45) is 0 Å². The van der Waals surface area contributed by atoms with Crippen molar-refractivity contribution in [3.8, 4) is 11.5 Å². The molecule has 3 rings (SSSR count). The van der Waals surface area contributed by atoms with Crippen LogP contribution in [0.3, 0.4) is 0 Å². The van der Waals surface area contributed by atoms with E-state index in [2.05, 4.69) is 10.3 Å². The van der Waals surface area contributed by atoms with Crippen LogP contribution < -0.4 is 14.8 Å². The van der Waals surface area contributed by atoms with Gasteiger partial charge in [0.2, 0.25) is 11.8 Å². The second-order valence-corrected chi connectivity index (χ2v) is 7.09. The number of aromatic nitrogens is 1. The number of benzene rings is 1. The van der Waals surface area contributed by atoms with Crippen molar-refractivity contribution < 1.29 is 19.1 Å². The fourth-order valence-electron chi connectivity index (χ4n) is 2.89. The van der Waals surface area contributed by atoms with E-state index in [0.717, 1.165) is 16.1 Å². The predicted octanol–water partition coefficient (Wildman–Crippen LogP) is 2.25. The summed E-state index contributed by atoms with van der Waals surface area (Å²) >= 11 is 1.43. The molecule has 2 aromatic rings. The molecule has 0 aliphatic carbocycles. The molecule has 0 atom stereocenters. The molecule has 8 heteroatoms. The molecule has 26 heavy (non-hydrogen) atoms. The molecule has 2 amide bonds. The van der Waals surface area contributed by atoms with Gasteiger partial charge in [0.15, 0.2) is 16.6 Å². The summed E-state index contributed by atoms with van der Waals surface area (Å²) in [6.07, 6.45) is 0.996. The number of hydrogen-bond acceptors (Lipinski definition) is 6. The minimum Gasteiger partial charge on any atom is -0.493 e. The van der Waals surface area contributed by atoms with Crippen LogP contribution in [0.5, 0.6) is 11.5 Å². The van der Waals surface area contributed by atoms with E-state index in [1.165, 1.54) is 18.3 Å². The Labute approximate surface area is 155 Å². The van der Waals surface area contributed by atoms with Gasteiger partial charge in [-0.1, -0.05) is 17.4 Å². The highest BCUT2D eigenvalue weighted by Gasteiger charge is 2.24. The first kappa shape index (κ1) is 18.2. The van der Waals surface area contributed by atoms with Crippen molar-refractivity contribution in [3.63, 3.8) is 0 Å². The smallest absolute Gasteiger partial charge is 0.227 e. The van der Waals surface area contributed by atoms with Crippen LogP contribution in [0.25, 0.3) is 0 Å². The summed E-state index contributed by atoms with van der Waals surface area (Å²) in [6, 6.07) is 5.50. The maximum atomic E-state index is 12.7. The van der Waals surface area contributed by atoms with Crippen LogP contribution >= 0.6 is 11.3 Å². The monoisotopic (exact) mass is 375 g/mol. The van der Waals surface area contributed by atoms with Crippen molar-refractivity contribution in [1.29, 1.82) is 0 Å². The number of nitrogens with zero attached hydrogens (tertiary/aromatic N) is 2. The number of nitrogens with one attached hydrogen (secondary N) is 1. The number of ether oxygens (including phenoxy) is 2. The van der Waals surface area contributed by atoms with Crippen LogP contribution in [0, 0.1) is 0 Å². The number of rotatable bonds is 5. The van der Waals surface area contributed by atoms with Gasteiger partial charge >= 0.3 is 0 Å². The standard InChI is InChI=1S/C18H21N3O4S/c1-11(22)19-18-20-13-6-7-21(10-16(13)26-18)17(23)9-12-4-5-14(24-2)15(8-12)25-3/h4-5,8H,6-7,9-10H2,1-3H3,(H,19,20,22). The Kier molecular flexibility index (Phi) is 5.41. The lowest BCUT2D eigenvalue weighted by Gasteiger charge is -2.26. The highest BCUT2D eigenvalue weighted by molar-refractivity contribution is 7.15. The normalized spacial score (nSPS) is 13.1. The molecule has 1 N–H and O–H groups in total. The Balaban J connectivity index is 1.68. The average Bonchev–Trinajstić information content (AvgIpc) is 3.01. The summed E-state index contributed by atoms with van der Waals surface area (Å²) in [4.78, 5) is 31.1. The second-order valence-electron chi connectivity index (χ2n) is 6.00. The van der Waals surface area contributed by atoms with Crippen LogP contribution in [0.4, 0.5) is 5.13 Å². The first-order valence-corrected chi connectivity index (χ1v) is 9.06. The summed E-state index contributed by atoms with van der Waals surface area (Å²) in [5, 5.41) is 3.30. The van der Waals surface area contributed by atoms with Crippen molar-refractivity contribution in [2.75, 3.05) is 26.1 Å². The third-order valence-electron chi connectivity index (χ3n) is 4.17. The SMILES string of the molecule is COc1ccc(CC(=O)N2CCc3nc(NC(C)=O)sc3C2)cc1OC.